The maximum atomic E-state index is 5.19. The summed E-state index contributed by atoms with van der Waals surface area (Å²) in [7, 11) is 0. The van der Waals surface area contributed by atoms with Gasteiger partial charge in [0.25, 0.3) is 0 Å². The van der Waals surface area contributed by atoms with Gasteiger partial charge in [-0.2, -0.15) is 0 Å². The maximum absolute atomic E-state index is 5.19. The van der Waals surface area contributed by atoms with E-state index in [1.54, 1.807) is 0 Å². The smallest absolute Gasteiger partial charge is 0.165 e. The number of rotatable bonds is 8. The van der Waals surface area contributed by atoms with E-state index in [2.05, 4.69) is 115 Å². The molecule has 8 aromatic carbocycles. The molecule has 0 aliphatic rings. The zero-order valence-corrected chi connectivity index (χ0v) is 31.4. The number of hydrogen-bond donors (Lipinski definition) is 0. The first-order chi connectivity index (χ1) is 28.7. The fraction of sp³-hybridized carbons (Fsp3) is 0. The minimum absolute atomic E-state index is 0.624. The van der Waals surface area contributed by atoms with Crippen LogP contribution in [0.2, 0.25) is 0 Å². The van der Waals surface area contributed by atoms with Crippen LogP contribution in [0.15, 0.2) is 212 Å². The number of benzene rings is 8. The predicted octanol–water partition coefficient (Wildman–Crippen LogP) is 13.2. The van der Waals surface area contributed by atoms with Gasteiger partial charge in [-0.15, -0.1) is 0 Å². The first-order valence-electron chi connectivity index (χ1n) is 19.3. The van der Waals surface area contributed by atoms with Crippen molar-refractivity contribution in [2.45, 2.75) is 0 Å². The Morgan fingerprint density at radius 1 is 0.241 bits per heavy atom. The molecule has 0 atom stereocenters. The van der Waals surface area contributed by atoms with Crippen molar-refractivity contribution < 1.29 is 0 Å². The molecule has 0 radical (unpaired) electrons. The second kappa shape index (κ2) is 15.3. The molecular weight excluding hydrogens is 707 g/mol. The minimum atomic E-state index is 0.624. The molecule has 0 unspecified atom stereocenters. The molecule has 10 rings (SSSR count). The summed E-state index contributed by atoms with van der Waals surface area (Å²) in [5.41, 5.74) is 11.9. The number of nitrogens with zero attached hydrogens (tertiary/aromatic N) is 5. The Hall–Kier alpha value is -7.89. The maximum Gasteiger partial charge on any atom is 0.165 e. The van der Waals surface area contributed by atoms with Gasteiger partial charge in [-0.05, 0) is 51.2 Å². The van der Waals surface area contributed by atoms with Crippen LogP contribution in [0.5, 0.6) is 0 Å². The molecular formula is C53H35N5. The lowest BCUT2D eigenvalue weighted by molar-refractivity contribution is 1.08. The van der Waals surface area contributed by atoms with Crippen LogP contribution in [0.4, 0.5) is 0 Å². The quantitative estimate of drug-likeness (QED) is 0.155. The summed E-state index contributed by atoms with van der Waals surface area (Å²) in [6.45, 7) is 0. The van der Waals surface area contributed by atoms with Crippen molar-refractivity contribution in [3.05, 3.63) is 212 Å². The van der Waals surface area contributed by atoms with Gasteiger partial charge in [-0.1, -0.05) is 194 Å². The molecule has 0 spiro atoms. The number of aromatic nitrogens is 5. The molecule has 5 nitrogen and oxygen atoms in total. The summed E-state index contributed by atoms with van der Waals surface area (Å²) >= 11 is 0. The standard InChI is InChI=1S/C53H35N5/c1-5-18-37(19-6-1)47-35-48(55-50(54-47)38-20-7-2-8-21-38)44-29-16-27-42(34-44)41-26-15-28-43(33-41)46-32-31-36-17-13-14-30-45(36)49(46)53-57-51(39-22-9-3-10-23-39)56-52(58-53)40-24-11-4-12-25-40/h1-35H. The summed E-state index contributed by atoms with van der Waals surface area (Å²) in [4.78, 5) is 25.5. The Labute approximate surface area is 337 Å². The summed E-state index contributed by atoms with van der Waals surface area (Å²) in [5.74, 6) is 2.57. The lowest BCUT2D eigenvalue weighted by Gasteiger charge is -2.16. The average molecular weight is 742 g/mol. The third-order valence-corrected chi connectivity index (χ3v) is 10.3. The summed E-state index contributed by atoms with van der Waals surface area (Å²) < 4.78 is 0. The van der Waals surface area contributed by atoms with E-state index in [9.17, 15) is 0 Å². The van der Waals surface area contributed by atoms with Crippen molar-refractivity contribution in [1.82, 2.24) is 24.9 Å². The molecule has 0 aliphatic carbocycles. The van der Waals surface area contributed by atoms with Gasteiger partial charge in [0.2, 0.25) is 0 Å². The highest BCUT2D eigenvalue weighted by atomic mass is 15.0. The van der Waals surface area contributed by atoms with Gasteiger partial charge in [0.1, 0.15) is 0 Å². The van der Waals surface area contributed by atoms with Gasteiger partial charge in [-0.25, -0.2) is 24.9 Å². The van der Waals surface area contributed by atoms with Gasteiger partial charge < -0.3 is 0 Å². The predicted molar refractivity (Wildman–Crippen MR) is 236 cm³/mol. The van der Waals surface area contributed by atoms with Crippen molar-refractivity contribution in [3.63, 3.8) is 0 Å². The molecule has 0 amide bonds. The van der Waals surface area contributed by atoms with E-state index in [1.807, 2.05) is 97.1 Å². The average Bonchev–Trinajstić information content (AvgIpc) is 3.32. The van der Waals surface area contributed by atoms with E-state index in [-0.39, 0.29) is 0 Å². The first-order valence-corrected chi connectivity index (χ1v) is 19.3. The van der Waals surface area contributed by atoms with Crippen molar-refractivity contribution >= 4 is 10.8 Å². The third-order valence-electron chi connectivity index (χ3n) is 10.3. The van der Waals surface area contributed by atoms with Crippen LogP contribution in [0.3, 0.4) is 0 Å². The van der Waals surface area contributed by atoms with Crippen LogP contribution in [-0.2, 0) is 0 Å². The molecule has 0 aliphatic heterocycles. The molecule has 2 aromatic heterocycles. The molecule has 5 heteroatoms. The summed E-state index contributed by atoms with van der Waals surface area (Å²) in [6.07, 6.45) is 0. The van der Waals surface area contributed by atoms with Gasteiger partial charge in [0.15, 0.2) is 23.3 Å². The van der Waals surface area contributed by atoms with E-state index in [4.69, 9.17) is 24.9 Å². The highest BCUT2D eigenvalue weighted by molar-refractivity contribution is 6.03. The number of hydrogen-bond acceptors (Lipinski definition) is 5. The van der Waals surface area contributed by atoms with Gasteiger partial charge in [0, 0.05) is 33.4 Å². The van der Waals surface area contributed by atoms with E-state index < -0.39 is 0 Å². The topological polar surface area (TPSA) is 64.5 Å². The first kappa shape index (κ1) is 34.6. The Balaban J connectivity index is 1.11. The molecule has 58 heavy (non-hydrogen) atoms. The van der Waals surface area contributed by atoms with Crippen LogP contribution in [0.25, 0.3) is 101 Å². The van der Waals surface area contributed by atoms with Crippen molar-refractivity contribution in [2.24, 2.45) is 0 Å². The van der Waals surface area contributed by atoms with Crippen molar-refractivity contribution in [2.75, 3.05) is 0 Å². The molecule has 0 N–H and O–H groups in total. The van der Waals surface area contributed by atoms with Gasteiger partial charge in [-0.3, -0.25) is 0 Å². The molecule has 2 heterocycles. The van der Waals surface area contributed by atoms with Crippen LogP contribution < -0.4 is 0 Å². The zero-order chi connectivity index (χ0) is 38.7. The third kappa shape index (κ3) is 6.93. The fourth-order valence-corrected chi connectivity index (χ4v) is 7.47. The van der Waals surface area contributed by atoms with Crippen LogP contribution in [0, 0.1) is 0 Å². The Bertz CT molecular complexity index is 2930. The van der Waals surface area contributed by atoms with Crippen LogP contribution in [0.1, 0.15) is 0 Å². The van der Waals surface area contributed by atoms with E-state index >= 15 is 0 Å². The van der Waals surface area contributed by atoms with Gasteiger partial charge in [0.05, 0.1) is 11.4 Å². The molecule has 0 fully saturated rings. The Kier molecular flexibility index (Phi) is 9.14. The van der Waals surface area contributed by atoms with E-state index in [0.717, 1.165) is 77.8 Å². The molecule has 0 bridgehead atoms. The largest absolute Gasteiger partial charge is 0.228 e. The normalized spacial score (nSPS) is 11.1. The van der Waals surface area contributed by atoms with Crippen LogP contribution >= 0.6 is 0 Å². The molecule has 272 valence electrons. The molecule has 0 saturated heterocycles. The van der Waals surface area contributed by atoms with E-state index in [1.165, 1.54) is 0 Å². The highest BCUT2D eigenvalue weighted by Gasteiger charge is 2.19. The zero-order valence-electron chi connectivity index (χ0n) is 31.4. The van der Waals surface area contributed by atoms with Crippen molar-refractivity contribution in [3.8, 4) is 90.3 Å². The molecule has 10 aromatic rings. The fourth-order valence-electron chi connectivity index (χ4n) is 7.47. The SMILES string of the molecule is c1ccc(-c2cc(-c3cccc(-c4cccc(-c5ccc6ccccc6c5-c5nc(-c6ccccc6)nc(-c6ccccc6)n5)c4)c3)nc(-c3ccccc3)n2)cc1. The lowest BCUT2D eigenvalue weighted by Crippen LogP contribution is -2.01. The summed E-state index contributed by atoms with van der Waals surface area (Å²) in [5, 5.41) is 2.19. The lowest BCUT2D eigenvalue weighted by atomic mass is 9.91. The molecule has 0 saturated carbocycles. The Morgan fingerprint density at radius 2 is 0.655 bits per heavy atom. The minimum Gasteiger partial charge on any atom is -0.228 e. The monoisotopic (exact) mass is 741 g/mol. The summed E-state index contributed by atoms with van der Waals surface area (Å²) in [6, 6.07) is 72.9. The van der Waals surface area contributed by atoms with Crippen molar-refractivity contribution in [1.29, 1.82) is 0 Å². The van der Waals surface area contributed by atoms with Gasteiger partial charge >= 0.3 is 0 Å². The van der Waals surface area contributed by atoms with Crippen LogP contribution in [-0.4, -0.2) is 24.9 Å². The highest BCUT2D eigenvalue weighted by Crippen LogP contribution is 2.40. The number of fused-ring (bicyclic) bond motifs is 1. The second-order valence-corrected chi connectivity index (χ2v) is 14.1. The van der Waals surface area contributed by atoms with E-state index in [0.29, 0.717) is 23.3 Å². The Morgan fingerprint density at radius 3 is 1.24 bits per heavy atom. The second-order valence-electron chi connectivity index (χ2n) is 14.1.